The molecule has 1 N–H and O–H groups in total. The molecule has 0 amide bonds. The summed E-state index contributed by atoms with van der Waals surface area (Å²) in [5.74, 6) is 1.83. The lowest BCUT2D eigenvalue weighted by molar-refractivity contribution is -0.480. The van der Waals surface area contributed by atoms with Crippen molar-refractivity contribution in [1.82, 2.24) is 0 Å². The van der Waals surface area contributed by atoms with Crippen LogP contribution in [-0.2, 0) is 6.42 Å². The second-order valence-corrected chi connectivity index (χ2v) is 8.66. The number of ether oxygens (including phenoxy) is 1. The molecule has 0 unspecified atom stereocenters. The molecule has 0 aromatic heterocycles. The molecular formula is C23H31NO4. The Kier molecular flexibility index (Phi) is 6.11. The minimum absolute atomic E-state index is 0.0382. The summed E-state index contributed by atoms with van der Waals surface area (Å²) in [6, 6.07) is 3.93. The molecule has 2 atom stereocenters. The van der Waals surface area contributed by atoms with E-state index in [1.54, 1.807) is 0 Å². The van der Waals surface area contributed by atoms with Gasteiger partial charge in [-0.15, -0.1) is 0 Å². The summed E-state index contributed by atoms with van der Waals surface area (Å²) in [4.78, 5) is 10.1. The number of phenols is 1. The Morgan fingerprint density at radius 1 is 1.32 bits per heavy atom. The maximum atomic E-state index is 10.8. The highest BCUT2D eigenvalue weighted by Gasteiger charge is 2.45. The van der Waals surface area contributed by atoms with Gasteiger partial charge in [0.1, 0.15) is 17.1 Å². The summed E-state index contributed by atoms with van der Waals surface area (Å²) in [6.45, 7) is 6.50. The molecule has 5 nitrogen and oxygen atoms in total. The van der Waals surface area contributed by atoms with E-state index < -0.39 is 0 Å². The molecule has 0 fully saturated rings. The van der Waals surface area contributed by atoms with Crippen molar-refractivity contribution >= 4 is 0 Å². The number of aromatic hydroxyl groups is 1. The van der Waals surface area contributed by atoms with Gasteiger partial charge in [0.2, 0.25) is 6.54 Å². The van der Waals surface area contributed by atoms with E-state index in [-0.39, 0.29) is 17.1 Å². The van der Waals surface area contributed by atoms with E-state index in [4.69, 9.17) is 4.74 Å². The Bertz CT molecular complexity index is 794. The number of hydrogen-bond acceptors (Lipinski definition) is 4. The lowest BCUT2D eigenvalue weighted by Gasteiger charge is -2.47. The van der Waals surface area contributed by atoms with E-state index in [0.29, 0.717) is 30.4 Å². The van der Waals surface area contributed by atoms with Crippen molar-refractivity contribution < 1.29 is 14.8 Å². The highest BCUT2D eigenvalue weighted by Crippen LogP contribution is 2.54. The van der Waals surface area contributed by atoms with E-state index in [2.05, 4.69) is 45.1 Å². The zero-order valence-corrected chi connectivity index (χ0v) is 17.1. The van der Waals surface area contributed by atoms with Gasteiger partial charge in [-0.05, 0) is 70.6 Å². The van der Waals surface area contributed by atoms with E-state index >= 15 is 0 Å². The van der Waals surface area contributed by atoms with Crippen molar-refractivity contribution in [3.8, 4) is 11.5 Å². The fourth-order valence-corrected chi connectivity index (χ4v) is 4.58. The molecule has 1 aromatic carbocycles. The fraction of sp³-hybridized carbons (Fsp3) is 0.565. The lowest BCUT2D eigenvalue weighted by atomic mass is 9.67. The van der Waals surface area contributed by atoms with Gasteiger partial charge in [0.25, 0.3) is 0 Å². The van der Waals surface area contributed by atoms with Crippen molar-refractivity contribution in [2.75, 3.05) is 6.54 Å². The molecule has 2 aliphatic rings. The van der Waals surface area contributed by atoms with Crippen molar-refractivity contribution in [3.63, 3.8) is 0 Å². The number of benzene rings is 1. The first kappa shape index (κ1) is 20.4. The summed E-state index contributed by atoms with van der Waals surface area (Å²) in [7, 11) is 0. The maximum absolute atomic E-state index is 10.8. The molecule has 3 rings (SSSR count). The van der Waals surface area contributed by atoms with Gasteiger partial charge in [-0.25, -0.2) is 0 Å². The number of fused-ring (bicyclic) bond motifs is 3. The number of rotatable bonds is 7. The Balaban J connectivity index is 1.70. The zero-order chi connectivity index (χ0) is 20.3. The molecule has 152 valence electrons. The van der Waals surface area contributed by atoms with Gasteiger partial charge in [0, 0.05) is 28.7 Å². The molecule has 0 bridgehead atoms. The molecule has 1 aliphatic carbocycles. The van der Waals surface area contributed by atoms with Crippen LogP contribution in [0.4, 0.5) is 0 Å². The predicted octanol–water partition coefficient (Wildman–Crippen LogP) is 5.55. The first-order chi connectivity index (χ1) is 13.3. The third-order valence-electron chi connectivity index (χ3n) is 6.05. The van der Waals surface area contributed by atoms with Gasteiger partial charge in [0.15, 0.2) is 0 Å². The van der Waals surface area contributed by atoms with Crippen LogP contribution < -0.4 is 4.74 Å². The average molecular weight is 386 g/mol. The average Bonchev–Trinajstić information content (AvgIpc) is 2.59. The van der Waals surface area contributed by atoms with Gasteiger partial charge in [-0.3, -0.25) is 10.1 Å². The molecule has 1 aromatic rings. The monoisotopic (exact) mass is 385 g/mol. The minimum Gasteiger partial charge on any atom is -0.508 e. The van der Waals surface area contributed by atoms with Crippen LogP contribution in [0.15, 0.2) is 35.9 Å². The molecule has 1 heterocycles. The molecule has 0 spiro atoms. The summed E-state index contributed by atoms with van der Waals surface area (Å²) in [5.41, 5.74) is 3.11. The third kappa shape index (κ3) is 4.57. The summed E-state index contributed by atoms with van der Waals surface area (Å²) >= 11 is 0. The molecule has 0 radical (unpaired) electrons. The van der Waals surface area contributed by atoms with Crippen LogP contribution in [0, 0.1) is 16.0 Å². The normalized spacial score (nSPS) is 22.9. The van der Waals surface area contributed by atoms with E-state index in [9.17, 15) is 15.2 Å². The molecule has 5 heteroatoms. The Hall–Kier alpha value is -2.30. The van der Waals surface area contributed by atoms with Crippen LogP contribution in [0.2, 0.25) is 0 Å². The smallest absolute Gasteiger partial charge is 0.203 e. The maximum Gasteiger partial charge on any atom is 0.203 e. The summed E-state index contributed by atoms with van der Waals surface area (Å²) in [5, 5.41) is 21.1. The van der Waals surface area contributed by atoms with Crippen LogP contribution in [0.1, 0.15) is 69.9 Å². The van der Waals surface area contributed by atoms with Gasteiger partial charge in [-0.2, -0.15) is 0 Å². The predicted molar refractivity (Wildman–Crippen MR) is 111 cm³/mol. The standard InChI is InChI=1S/C23H31NO4/c1-16-10-11-19-18(13-16)22-20(25)14-17(15-21(22)28-23(19,2)3)9-7-5-4-6-8-12-24(26)27/h5,7,10,14-15,18-19,25H,4,6,8-9,11-13H2,1-3H3/b7-5-/t18-,19-/m1/s1. The van der Waals surface area contributed by atoms with E-state index in [1.165, 1.54) is 5.57 Å². The Morgan fingerprint density at radius 2 is 2.11 bits per heavy atom. The highest BCUT2D eigenvalue weighted by molar-refractivity contribution is 5.53. The molecule has 28 heavy (non-hydrogen) atoms. The largest absolute Gasteiger partial charge is 0.508 e. The highest BCUT2D eigenvalue weighted by atomic mass is 16.6. The number of hydrogen-bond donors (Lipinski definition) is 1. The molecule has 1 aliphatic heterocycles. The van der Waals surface area contributed by atoms with Crippen molar-refractivity contribution in [2.24, 2.45) is 5.92 Å². The van der Waals surface area contributed by atoms with E-state index in [1.807, 2.05) is 6.07 Å². The molecular weight excluding hydrogens is 354 g/mol. The zero-order valence-electron chi connectivity index (χ0n) is 17.1. The summed E-state index contributed by atoms with van der Waals surface area (Å²) in [6.07, 6.45) is 11.4. The molecule has 0 saturated carbocycles. The quantitative estimate of drug-likeness (QED) is 0.289. The number of nitro groups is 1. The number of unbranched alkanes of at least 4 members (excludes halogenated alkanes) is 2. The van der Waals surface area contributed by atoms with Crippen molar-refractivity contribution in [3.05, 3.63) is 57.2 Å². The first-order valence-corrected chi connectivity index (χ1v) is 10.2. The second-order valence-electron chi connectivity index (χ2n) is 8.66. The second kappa shape index (κ2) is 8.38. The van der Waals surface area contributed by atoms with Crippen LogP contribution in [0.3, 0.4) is 0 Å². The summed E-state index contributed by atoms with van der Waals surface area (Å²) < 4.78 is 6.35. The Labute approximate surface area is 167 Å². The lowest BCUT2D eigenvalue weighted by Crippen LogP contribution is -2.45. The number of nitrogens with zero attached hydrogens (tertiary/aromatic N) is 1. The van der Waals surface area contributed by atoms with Crippen LogP contribution in [-0.4, -0.2) is 22.2 Å². The van der Waals surface area contributed by atoms with Crippen molar-refractivity contribution in [2.45, 2.75) is 70.8 Å². The minimum atomic E-state index is -0.269. The van der Waals surface area contributed by atoms with Gasteiger partial charge in [0.05, 0.1) is 0 Å². The van der Waals surface area contributed by atoms with Crippen molar-refractivity contribution in [1.29, 1.82) is 0 Å². The fourth-order valence-electron chi connectivity index (χ4n) is 4.58. The Morgan fingerprint density at radius 3 is 2.86 bits per heavy atom. The molecule has 0 saturated heterocycles. The van der Waals surface area contributed by atoms with Gasteiger partial charge < -0.3 is 9.84 Å². The van der Waals surface area contributed by atoms with Gasteiger partial charge >= 0.3 is 0 Å². The number of phenolic OH excluding ortho intramolecular Hbond substituents is 1. The number of allylic oxidation sites excluding steroid dienone is 4. The van der Waals surface area contributed by atoms with Gasteiger partial charge in [-0.1, -0.05) is 23.8 Å². The van der Waals surface area contributed by atoms with E-state index in [0.717, 1.165) is 42.6 Å². The van der Waals surface area contributed by atoms with Crippen LogP contribution in [0.5, 0.6) is 11.5 Å². The third-order valence-corrected chi connectivity index (χ3v) is 6.05. The first-order valence-electron chi connectivity index (χ1n) is 10.2. The topological polar surface area (TPSA) is 72.6 Å². The van der Waals surface area contributed by atoms with Crippen LogP contribution >= 0.6 is 0 Å². The SMILES string of the molecule is CC1=CC[C@@H]2[C@@H](C1)c1c(O)cc(C/C=C\CCCC[N+](=O)[O-])cc1OC2(C)C. The van der Waals surface area contributed by atoms with Crippen LogP contribution in [0.25, 0.3) is 0 Å².